The number of halogens is 1. The first-order chi connectivity index (χ1) is 10.8. The lowest BCUT2D eigenvalue weighted by atomic mass is 9.80. The van der Waals surface area contributed by atoms with Crippen molar-refractivity contribution < 1.29 is 9.59 Å². The minimum absolute atomic E-state index is 0. The van der Waals surface area contributed by atoms with E-state index in [9.17, 15) is 9.59 Å². The lowest BCUT2D eigenvalue weighted by Gasteiger charge is -2.22. The molecule has 4 rings (SSSR count). The second-order valence-electron chi connectivity index (χ2n) is 5.62. The zero-order chi connectivity index (χ0) is 15.1. The van der Waals surface area contributed by atoms with Crippen LogP contribution in [0.15, 0.2) is 48.5 Å². The Morgan fingerprint density at radius 2 is 1.43 bits per heavy atom. The highest BCUT2D eigenvalue weighted by atomic mass is 35.5. The molecule has 4 heteroatoms. The standard InChI is InChI=1S/C19H15NO2.ClH/c21-18-14-4-1-2-5-15(14)19(22)17-13(6-3-7-16(17)18)12-8-10-20-11-9-12;/h1-8,20H,9-11H2;1H. The SMILES string of the molecule is Cl.O=C1c2ccccc2C(=O)c2c1cccc2C1=CCNCC1. The van der Waals surface area contributed by atoms with Crippen molar-refractivity contribution in [2.24, 2.45) is 0 Å². The smallest absolute Gasteiger partial charge is 0.195 e. The van der Waals surface area contributed by atoms with Crippen LogP contribution in [-0.2, 0) is 0 Å². The largest absolute Gasteiger partial charge is 0.313 e. The Bertz CT molecular complexity index is 839. The van der Waals surface area contributed by atoms with Crippen LogP contribution in [-0.4, -0.2) is 24.7 Å². The van der Waals surface area contributed by atoms with Crippen molar-refractivity contribution in [1.82, 2.24) is 5.32 Å². The van der Waals surface area contributed by atoms with Gasteiger partial charge in [-0.2, -0.15) is 0 Å². The Labute approximate surface area is 140 Å². The molecule has 0 fully saturated rings. The second kappa shape index (κ2) is 6.11. The maximum atomic E-state index is 12.9. The summed E-state index contributed by atoms with van der Waals surface area (Å²) in [6, 6.07) is 12.7. The van der Waals surface area contributed by atoms with Gasteiger partial charge in [-0.25, -0.2) is 0 Å². The summed E-state index contributed by atoms with van der Waals surface area (Å²) in [5, 5.41) is 3.27. The van der Waals surface area contributed by atoms with Crippen molar-refractivity contribution in [3.63, 3.8) is 0 Å². The van der Waals surface area contributed by atoms with E-state index in [2.05, 4.69) is 11.4 Å². The van der Waals surface area contributed by atoms with E-state index in [-0.39, 0.29) is 24.0 Å². The van der Waals surface area contributed by atoms with Crippen LogP contribution in [0, 0.1) is 0 Å². The Hall–Kier alpha value is -2.23. The van der Waals surface area contributed by atoms with Gasteiger partial charge >= 0.3 is 0 Å². The number of fused-ring (bicyclic) bond motifs is 2. The molecule has 1 aliphatic carbocycles. The van der Waals surface area contributed by atoms with E-state index in [0.717, 1.165) is 30.6 Å². The molecular weight excluding hydrogens is 310 g/mol. The van der Waals surface area contributed by atoms with Gasteiger partial charge in [-0.15, -0.1) is 12.4 Å². The lowest BCUT2D eigenvalue weighted by molar-refractivity contribution is 0.0979. The van der Waals surface area contributed by atoms with Gasteiger partial charge in [0.2, 0.25) is 0 Å². The van der Waals surface area contributed by atoms with E-state index in [1.54, 1.807) is 30.3 Å². The normalized spacial score (nSPS) is 16.1. The van der Waals surface area contributed by atoms with Crippen molar-refractivity contribution in [3.05, 3.63) is 76.4 Å². The summed E-state index contributed by atoms with van der Waals surface area (Å²) in [7, 11) is 0. The van der Waals surface area contributed by atoms with Crippen LogP contribution in [0.1, 0.15) is 43.8 Å². The predicted octanol–water partition coefficient (Wildman–Crippen LogP) is 3.26. The zero-order valence-corrected chi connectivity index (χ0v) is 13.3. The van der Waals surface area contributed by atoms with Crippen LogP contribution in [0.2, 0.25) is 0 Å². The minimum Gasteiger partial charge on any atom is -0.313 e. The molecule has 0 saturated heterocycles. The van der Waals surface area contributed by atoms with Gasteiger partial charge in [0, 0.05) is 28.8 Å². The number of hydrogen-bond donors (Lipinski definition) is 1. The van der Waals surface area contributed by atoms with E-state index in [4.69, 9.17) is 0 Å². The van der Waals surface area contributed by atoms with E-state index < -0.39 is 0 Å². The zero-order valence-electron chi connectivity index (χ0n) is 12.5. The highest BCUT2D eigenvalue weighted by Gasteiger charge is 2.31. The first-order valence-corrected chi connectivity index (χ1v) is 7.49. The summed E-state index contributed by atoms with van der Waals surface area (Å²) in [6.07, 6.45) is 2.98. The Kier molecular flexibility index (Phi) is 4.16. The van der Waals surface area contributed by atoms with Crippen LogP contribution in [0.25, 0.3) is 5.57 Å². The minimum atomic E-state index is -0.0541. The molecule has 116 valence electrons. The van der Waals surface area contributed by atoms with Crippen LogP contribution in [0.4, 0.5) is 0 Å². The fraction of sp³-hybridized carbons (Fsp3) is 0.158. The van der Waals surface area contributed by atoms with E-state index in [0.29, 0.717) is 22.3 Å². The fourth-order valence-corrected chi connectivity index (χ4v) is 3.28. The monoisotopic (exact) mass is 325 g/mol. The summed E-state index contributed by atoms with van der Waals surface area (Å²) >= 11 is 0. The van der Waals surface area contributed by atoms with Crippen molar-refractivity contribution in [1.29, 1.82) is 0 Å². The van der Waals surface area contributed by atoms with Gasteiger partial charge in [0.15, 0.2) is 11.6 Å². The number of hydrogen-bond acceptors (Lipinski definition) is 3. The molecule has 0 atom stereocenters. The lowest BCUT2D eigenvalue weighted by Crippen LogP contribution is -2.24. The first kappa shape index (κ1) is 15.7. The fourth-order valence-electron chi connectivity index (χ4n) is 3.28. The molecule has 3 nitrogen and oxygen atoms in total. The van der Waals surface area contributed by atoms with Crippen LogP contribution < -0.4 is 5.32 Å². The molecule has 0 saturated carbocycles. The van der Waals surface area contributed by atoms with E-state index in [1.165, 1.54) is 0 Å². The Morgan fingerprint density at radius 1 is 0.783 bits per heavy atom. The Balaban J connectivity index is 0.00000156. The van der Waals surface area contributed by atoms with Crippen LogP contribution in [0.3, 0.4) is 0 Å². The molecule has 1 heterocycles. The van der Waals surface area contributed by atoms with Gasteiger partial charge in [0.1, 0.15) is 0 Å². The third-order valence-electron chi connectivity index (χ3n) is 4.36. The highest BCUT2D eigenvalue weighted by molar-refractivity contribution is 6.29. The van der Waals surface area contributed by atoms with Crippen molar-refractivity contribution in [3.8, 4) is 0 Å². The molecular formula is C19H16ClNO2. The number of rotatable bonds is 1. The molecule has 0 radical (unpaired) electrons. The molecule has 1 aliphatic heterocycles. The molecule has 0 aromatic heterocycles. The number of carbonyl (C=O) groups excluding carboxylic acids is 2. The van der Waals surface area contributed by atoms with Crippen molar-refractivity contribution in [2.45, 2.75) is 6.42 Å². The molecule has 0 bridgehead atoms. The molecule has 2 aromatic rings. The maximum absolute atomic E-state index is 12.9. The Morgan fingerprint density at radius 3 is 2.13 bits per heavy atom. The molecule has 1 N–H and O–H groups in total. The van der Waals surface area contributed by atoms with Gasteiger partial charge < -0.3 is 5.32 Å². The quantitative estimate of drug-likeness (QED) is 0.747. The average Bonchev–Trinajstić information content (AvgIpc) is 2.60. The highest BCUT2D eigenvalue weighted by Crippen LogP contribution is 2.33. The van der Waals surface area contributed by atoms with Crippen molar-refractivity contribution in [2.75, 3.05) is 13.1 Å². The number of benzene rings is 2. The van der Waals surface area contributed by atoms with E-state index in [1.807, 2.05) is 12.1 Å². The third kappa shape index (κ3) is 2.42. The summed E-state index contributed by atoms with van der Waals surface area (Å²) < 4.78 is 0. The number of ketones is 2. The molecule has 23 heavy (non-hydrogen) atoms. The van der Waals surface area contributed by atoms with Gasteiger partial charge in [-0.05, 0) is 24.1 Å². The average molecular weight is 326 g/mol. The van der Waals surface area contributed by atoms with Gasteiger partial charge in [0.25, 0.3) is 0 Å². The van der Waals surface area contributed by atoms with Crippen LogP contribution >= 0.6 is 12.4 Å². The summed E-state index contributed by atoms with van der Waals surface area (Å²) in [5.41, 5.74) is 4.18. The molecule has 2 aliphatic rings. The summed E-state index contributed by atoms with van der Waals surface area (Å²) in [6.45, 7) is 1.70. The summed E-state index contributed by atoms with van der Waals surface area (Å²) in [5.74, 6) is -0.0955. The maximum Gasteiger partial charge on any atom is 0.195 e. The van der Waals surface area contributed by atoms with E-state index >= 15 is 0 Å². The first-order valence-electron chi connectivity index (χ1n) is 7.49. The molecule has 2 aromatic carbocycles. The van der Waals surface area contributed by atoms with Crippen LogP contribution in [0.5, 0.6) is 0 Å². The van der Waals surface area contributed by atoms with Gasteiger partial charge in [-0.3, -0.25) is 9.59 Å². The van der Waals surface area contributed by atoms with Gasteiger partial charge in [-0.1, -0.05) is 48.5 Å². The number of carbonyl (C=O) groups is 2. The summed E-state index contributed by atoms with van der Waals surface area (Å²) in [4.78, 5) is 25.6. The topological polar surface area (TPSA) is 46.2 Å². The second-order valence-corrected chi connectivity index (χ2v) is 5.62. The van der Waals surface area contributed by atoms with Gasteiger partial charge in [0.05, 0.1) is 0 Å². The van der Waals surface area contributed by atoms with Crippen molar-refractivity contribution >= 4 is 29.5 Å². The molecule has 0 amide bonds. The number of nitrogens with one attached hydrogen (secondary N) is 1. The molecule has 0 unspecified atom stereocenters. The third-order valence-corrected chi connectivity index (χ3v) is 4.36. The molecule has 0 spiro atoms. The predicted molar refractivity (Wildman–Crippen MR) is 92.5 cm³/mol.